The van der Waals surface area contributed by atoms with Crippen molar-refractivity contribution in [3.05, 3.63) is 59.1 Å². The summed E-state index contributed by atoms with van der Waals surface area (Å²) in [5.41, 5.74) is 8.65. The quantitative estimate of drug-likeness (QED) is 0.562. The minimum Gasteiger partial charge on any atom is -0.508 e. The number of phenols is 1. The molecule has 0 radical (unpaired) electrons. The summed E-state index contributed by atoms with van der Waals surface area (Å²) >= 11 is 1.20. The third kappa shape index (κ3) is 4.75. The Balaban J connectivity index is 1.54. The van der Waals surface area contributed by atoms with Gasteiger partial charge in [-0.2, -0.15) is 0 Å². The number of phenolic OH excluding ortho intramolecular Hbond substituents is 1. The monoisotopic (exact) mass is 440 g/mol. The Morgan fingerprint density at radius 2 is 2.19 bits per heavy atom. The highest BCUT2D eigenvalue weighted by Gasteiger charge is 2.26. The molecule has 0 aliphatic carbocycles. The van der Waals surface area contributed by atoms with Gasteiger partial charge >= 0.3 is 0 Å². The van der Waals surface area contributed by atoms with E-state index in [0.29, 0.717) is 16.6 Å². The molecule has 1 aliphatic rings. The van der Waals surface area contributed by atoms with E-state index in [1.807, 2.05) is 6.07 Å². The molecule has 2 aromatic heterocycles. The Labute approximate surface area is 184 Å². The number of hydrogen-bond donors (Lipinski definition) is 2. The number of halogens is 1. The second kappa shape index (κ2) is 9.11. The van der Waals surface area contributed by atoms with E-state index in [9.17, 15) is 14.3 Å². The van der Waals surface area contributed by atoms with Gasteiger partial charge in [0, 0.05) is 66.2 Å². The zero-order chi connectivity index (χ0) is 22.0. The van der Waals surface area contributed by atoms with Crippen LogP contribution in [0.2, 0.25) is 0 Å². The summed E-state index contributed by atoms with van der Waals surface area (Å²) in [4.78, 5) is 23.8. The third-order valence-electron chi connectivity index (χ3n) is 5.69. The highest BCUT2D eigenvalue weighted by molar-refractivity contribution is 7.13. The highest BCUT2D eigenvalue weighted by atomic mass is 32.1. The van der Waals surface area contributed by atoms with Crippen molar-refractivity contribution in [3.8, 4) is 16.3 Å². The number of nitrogens with zero attached hydrogens (tertiary/aromatic N) is 3. The van der Waals surface area contributed by atoms with Crippen molar-refractivity contribution in [1.29, 1.82) is 0 Å². The normalized spacial score (nSPS) is 18.9. The van der Waals surface area contributed by atoms with Crippen molar-refractivity contribution < 1.29 is 14.3 Å². The van der Waals surface area contributed by atoms with Crippen LogP contribution in [0.5, 0.6) is 5.75 Å². The van der Waals surface area contributed by atoms with Gasteiger partial charge in [0.25, 0.3) is 0 Å². The first-order valence-corrected chi connectivity index (χ1v) is 11.2. The molecule has 1 aromatic carbocycles. The van der Waals surface area contributed by atoms with Crippen molar-refractivity contribution in [1.82, 2.24) is 9.97 Å². The van der Waals surface area contributed by atoms with Crippen molar-refractivity contribution >= 4 is 22.8 Å². The molecule has 0 saturated carbocycles. The highest BCUT2D eigenvalue weighted by Crippen LogP contribution is 2.30. The predicted octanol–water partition coefficient (Wildman–Crippen LogP) is 4.04. The number of benzene rings is 1. The minimum absolute atomic E-state index is 0.108. The number of piperidine rings is 1. The van der Waals surface area contributed by atoms with Crippen LogP contribution in [0, 0.1) is 11.7 Å². The van der Waals surface area contributed by atoms with Crippen LogP contribution in [-0.4, -0.2) is 40.0 Å². The molecule has 6 nitrogen and oxygen atoms in total. The Morgan fingerprint density at radius 1 is 1.35 bits per heavy atom. The lowest BCUT2D eigenvalue weighted by Crippen LogP contribution is -2.47. The molecule has 0 bridgehead atoms. The molecule has 3 heterocycles. The number of anilines is 1. The standard InChI is InChI=1S/C23H25FN4O2S/c1-2-14-7-16(25)12-28(11-14)21-5-6-26-10-15(21)8-22(30)20-13-31-23(27-20)18-4-3-17(29)9-19(18)24/h3-6,9-10,13-14,16,29H,2,7-8,11-12,25H2,1H3/t14-,16+/m1/s1. The van der Waals surface area contributed by atoms with Gasteiger partial charge in [-0.05, 0) is 30.5 Å². The van der Waals surface area contributed by atoms with Gasteiger partial charge < -0.3 is 15.7 Å². The summed E-state index contributed by atoms with van der Waals surface area (Å²) in [6.45, 7) is 3.84. The number of thiazole rings is 1. The van der Waals surface area contributed by atoms with Crippen LogP contribution in [0.25, 0.3) is 10.6 Å². The zero-order valence-corrected chi connectivity index (χ0v) is 18.1. The van der Waals surface area contributed by atoms with Crippen molar-refractivity contribution in [3.63, 3.8) is 0 Å². The van der Waals surface area contributed by atoms with E-state index in [1.54, 1.807) is 17.8 Å². The molecule has 1 saturated heterocycles. The predicted molar refractivity (Wildman–Crippen MR) is 120 cm³/mol. The molecular formula is C23H25FN4O2S. The number of aromatic nitrogens is 2. The lowest BCUT2D eigenvalue weighted by molar-refractivity contribution is 0.0989. The van der Waals surface area contributed by atoms with Crippen molar-refractivity contribution in [2.45, 2.75) is 32.2 Å². The number of rotatable bonds is 6. The van der Waals surface area contributed by atoms with Crippen LogP contribution in [0.3, 0.4) is 0 Å². The fourth-order valence-electron chi connectivity index (χ4n) is 4.07. The Hall–Kier alpha value is -2.84. The lowest BCUT2D eigenvalue weighted by atomic mass is 9.91. The summed E-state index contributed by atoms with van der Waals surface area (Å²) in [6.07, 6.45) is 5.70. The SMILES string of the molecule is CC[C@@H]1C[C@H](N)CN(c2ccncc2CC(=O)c2csc(-c3ccc(O)cc3F)n2)C1. The average Bonchev–Trinajstić information content (AvgIpc) is 3.23. The van der Waals surface area contributed by atoms with E-state index in [-0.39, 0.29) is 29.6 Å². The molecule has 3 aromatic rings. The molecule has 0 spiro atoms. The molecule has 1 fully saturated rings. The number of carbonyl (C=O) groups excluding carboxylic acids is 1. The van der Waals surface area contributed by atoms with Crippen LogP contribution in [-0.2, 0) is 6.42 Å². The molecule has 3 N–H and O–H groups in total. The number of aromatic hydroxyl groups is 1. The maximum atomic E-state index is 14.1. The number of pyridine rings is 1. The first-order chi connectivity index (χ1) is 14.9. The molecule has 1 aliphatic heterocycles. The van der Waals surface area contributed by atoms with Crippen LogP contribution < -0.4 is 10.6 Å². The fraction of sp³-hybridized carbons (Fsp3) is 0.348. The average molecular weight is 441 g/mol. The minimum atomic E-state index is -0.574. The molecule has 31 heavy (non-hydrogen) atoms. The first-order valence-electron chi connectivity index (χ1n) is 10.4. The molecular weight excluding hydrogens is 415 g/mol. The summed E-state index contributed by atoms with van der Waals surface area (Å²) in [5.74, 6) is -0.346. The van der Waals surface area contributed by atoms with Gasteiger partial charge in [-0.25, -0.2) is 9.37 Å². The Bertz CT molecular complexity index is 1090. The molecule has 4 rings (SSSR count). The topological polar surface area (TPSA) is 92.3 Å². The van der Waals surface area contributed by atoms with Crippen LogP contribution in [0.15, 0.2) is 42.0 Å². The van der Waals surface area contributed by atoms with Crippen LogP contribution in [0.4, 0.5) is 10.1 Å². The van der Waals surface area contributed by atoms with E-state index in [2.05, 4.69) is 21.8 Å². The Kier molecular flexibility index (Phi) is 6.29. The number of hydrogen-bond acceptors (Lipinski definition) is 7. The zero-order valence-electron chi connectivity index (χ0n) is 17.3. The van der Waals surface area contributed by atoms with Gasteiger partial charge in [0.05, 0.1) is 0 Å². The van der Waals surface area contributed by atoms with E-state index in [0.717, 1.165) is 43.2 Å². The van der Waals surface area contributed by atoms with Gasteiger partial charge in [-0.3, -0.25) is 9.78 Å². The van der Waals surface area contributed by atoms with E-state index >= 15 is 0 Å². The smallest absolute Gasteiger partial charge is 0.186 e. The summed E-state index contributed by atoms with van der Waals surface area (Å²) in [6, 6.07) is 5.94. The van der Waals surface area contributed by atoms with Crippen LogP contribution in [0.1, 0.15) is 35.8 Å². The number of ketones is 1. The third-order valence-corrected chi connectivity index (χ3v) is 6.56. The van der Waals surface area contributed by atoms with Gasteiger partial charge in [0.15, 0.2) is 5.78 Å². The summed E-state index contributed by atoms with van der Waals surface area (Å²) in [7, 11) is 0. The fourth-order valence-corrected chi connectivity index (χ4v) is 4.92. The van der Waals surface area contributed by atoms with Gasteiger partial charge in [0.1, 0.15) is 22.3 Å². The van der Waals surface area contributed by atoms with Crippen molar-refractivity contribution in [2.24, 2.45) is 11.7 Å². The molecule has 8 heteroatoms. The van der Waals surface area contributed by atoms with Gasteiger partial charge in [-0.1, -0.05) is 13.3 Å². The first kappa shape index (κ1) is 21.4. The van der Waals surface area contributed by atoms with E-state index < -0.39 is 5.82 Å². The number of nitrogens with two attached hydrogens (primary N) is 1. The number of carbonyl (C=O) groups is 1. The Morgan fingerprint density at radius 3 is 2.97 bits per heavy atom. The van der Waals surface area contributed by atoms with E-state index in [4.69, 9.17) is 5.73 Å². The van der Waals surface area contributed by atoms with Crippen LogP contribution >= 0.6 is 11.3 Å². The molecule has 162 valence electrons. The lowest BCUT2D eigenvalue weighted by Gasteiger charge is -2.38. The van der Waals surface area contributed by atoms with E-state index in [1.165, 1.54) is 23.5 Å². The molecule has 0 unspecified atom stereocenters. The molecule has 2 atom stereocenters. The summed E-state index contributed by atoms with van der Waals surface area (Å²) < 4.78 is 14.1. The van der Waals surface area contributed by atoms with Crippen molar-refractivity contribution in [2.75, 3.05) is 18.0 Å². The second-order valence-electron chi connectivity index (χ2n) is 7.98. The number of Topliss-reactive ketones (excluding diaryl/α,β-unsaturated/α-hetero) is 1. The maximum absolute atomic E-state index is 14.1. The summed E-state index contributed by atoms with van der Waals surface area (Å²) in [5, 5.41) is 11.4. The maximum Gasteiger partial charge on any atom is 0.186 e. The van der Waals surface area contributed by atoms with Gasteiger partial charge in [0.2, 0.25) is 0 Å². The largest absolute Gasteiger partial charge is 0.508 e. The second-order valence-corrected chi connectivity index (χ2v) is 8.84. The van der Waals surface area contributed by atoms with Gasteiger partial charge in [-0.15, -0.1) is 11.3 Å². The molecule has 0 amide bonds.